The molecule has 0 radical (unpaired) electrons. The molecular formula is C57H43N3. The largest absolute Gasteiger partial charge is 0.208 e. The van der Waals surface area contributed by atoms with Crippen LogP contribution in [0.1, 0.15) is 43.2 Å². The van der Waals surface area contributed by atoms with Crippen molar-refractivity contribution in [2.24, 2.45) is 23.7 Å². The highest BCUT2D eigenvalue weighted by Gasteiger charge is 2.62. The zero-order valence-corrected chi connectivity index (χ0v) is 33.4. The van der Waals surface area contributed by atoms with Crippen molar-refractivity contribution in [1.29, 1.82) is 0 Å². The van der Waals surface area contributed by atoms with Gasteiger partial charge < -0.3 is 0 Å². The van der Waals surface area contributed by atoms with Crippen LogP contribution in [0.2, 0.25) is 0 Å². The summed E-state index contributed by atoms with van der Waals surface area (Å²) in [5, 5.41) is 5.35. The average molecular weight is 770 g/mol. The lowest BCUT2D eigenvalue weighted by Crippen LogP contribution is -2.55. The Bertz CT molecular complexity index is 3120. The molecule has 4 saturated carbocycles. The molecule has 5 aliphatic carbocycles. The van der Waals surface area contributed by atoms with Gasteiger partial charge in [-0.25, -0.2) is 15.0 Å². The van der Waals surface area contributed by atoms with E-state index in [0.717, 1.165) is 39.7 Å². The Morgan fingerprint density at radius 3 is 1.53 bits per heavy atom. The van der Waals surface area contributed by atoms with E-state index in [9.17, 15) is 0 Å². The number of hydrogen-bond acceptors (Lipinski definition) is 3. The van der Waals surface area contributed by atoms with Gasteiger partial charge in [-0.3, -0.25) is 0 Å². The molecule has 1 heterocycles. The maximum absolute atomic E-state index is 5.18. The third-order valence-corrected chi connectivity index (χ3v) is 14.8. The highest BCUT2D eigenvalue weighted by atomic mass is 15.0. The molecule has 0 unspecified atom stereocenters. The Morgan fingerprint density at radius 1 is 0.350 bits per heavy atom. The predicted molar refractivity (Wildman–Crippen MR) is 245 cm³/mol. The van der Waals surface area contributed by atoms with E-state index >= 15 is 0 Å². The molecule has 1 aromatic heterocycles. The van der Waals surface area contributed by atoms with Gasteiger partial charge >= 0.3 is 0 Å². The normalized spacial score (nSPS) is 22.1. The van der Waals surface area contributed by atoms with Crippen LogP contribution < -0.4 is 0 Å². The molecule has 0 aliphatic heterocycles. The van der Waals surface area contributed by atoms with E-state index in [0.29, 0.717) is 29.3 Å². The lowest BCUT2D eigenvalue weighted by molar-refractivity contribution is -0.0398. The second-order valence-electron chi connectivity index (χ2n) is 18.0. The van der Waals surface area contributed by atoms with Crippen molar-refractivity contribution in [3.8, 4) is 67.5 Å². The summed E-state index contributed by atoms with van der Waals surface area (Å²) < 4.78 is 0. The van der Waals surface area contributed by atoms with Crippen molar-refractivity contribution in [2.75, 3.05) is 0 Å². The monoisotopic (exact) mass is 769 g/mol. The summed E-state index contributed by atoms with van der Waals surface area (Å²) in [5.74, 6) is 5.17. The lowest BCUT2D eigenvalue weighted by Gasteiger charge is -2.61. The number of fused-ring (bicyclic) bond motifs is 5. The fraction of sp³-hybridized carbons (Fsp3) is 0.175. The van der Waals surface area contributed by atoms with Crippen LogP contribution in [0.25, 0.3) is 89.1 Å². The van der Waals surface area contributed by atoms with Crippen molar-refractivity contribution in [3.05, 3.63) is 187 Å². The van der Waals surface area contributed by atoms with E-state index in [1.165, 1.54) is 75.9 Å². The van der Waals surface area contributed by atoms with Gasteiger partial charge in [0.1, 0.15) is 0 Å². The van der Waals surface area contributed by atoms with E-state index < -0.39 is 0 Å². The van der Waals surface area contributed by atoms with Crippen molar-refractivity contribution in [2.45, 2.75) is 37.5 Å². The average Bonchev–Trinajstić information content (AvgIpc) is 3.58. The van der Waals surface area contributed by atoms with Gasteiger partial charge in [0.25, 0.3) is 0 Å². The summed E-state index contributed by atoms with van der Waals surface area (Å²) in [5.41, 5.74) is 14.0. The maximum atomic E-state index is 5.18. The first-order chi connectivity index (χ1) is 29.7. The Morgan fingerprint density at radius 2 is 0.850 bits per heavy atom. The van der Waals surface area contributed by atoms with Crippen LogP contribution in [0.4, 0.5) is 0 Å². The molecule has 5 aliphatic rings. The first kappa shape index (κ1) is 34.2. The van der Waals surface area contributed by atoms with Crippen molar-refractivity contribution in [1.82, 2.24) is 15.0 Å². The predicted octanol–water partition coefficient (Wildman–Crippen LogP) is 14.2. The molecule has 0 atom stereocenters. The first-order valence-corrected chi connectivity index (χ1v) is 21.9. The highest BCUT2D eigenvalue weighted by Crippen LogP contribution is 2.70. The molecule has 8 aromatic carbocycles. The van der Waals surface area contributed by atoms with Gasteiger partial charge in [-0.15, -0.1) is 0 Å². The summed E-state index contributed by atoms with van der Waals surface area (Å²) in [6.07, 6.45) is 6.91. The molecule has 4 fully saturated rings. The maximum Gasteiger partial charge on any atom is 0.164 e. The van der Waals surface area contributed by atoms with Gasteiger partial charge in [-0.2, -0.15) is 0 Å². The first-order valence-electron chi connectivity index (χ1n) is 21.9. The highest BCUT2D eigenvalue weighted by molar-refractivity contribution is 6.10. The van der Waals surface area contributed by atoms with Crippen LogP contribution >= 0.6 is 0 Å². The fourth-order valence-electron chi connectivity index (χ4n) is 12.6. The van der Waals surface area contributed by atoms with Crippen LogP contribution in [-0.4, -0.2) is 15.0 Å². The van der Waals surface area contributed by atoms with Gasteiger partial charge in [-0.1, -0.05) is 152 Å². The van der Waals surface area contributed by atoms with Crippen molar-refractivity contribution >= 4 is 21.5 Å². The third-order valence-electron chi connectivity index (χ3n) is 14.8. The van der Waals surface area contributed by atoms with Gasteiger partial charge in [0, 0.05) is 22.1 Å². The number of rotatable bonds is 5. The molecule has 14 rings (SSSR count). The molecule has 0 saturated heterocycles. The molecule has 0 N–H and O–H groups in total. The number of nitrogens with zero attached hydrogens (tertiary/aromatic N) is 3. The molecule has 4 bridgehead atoms. The molecule has 9 aromatic rings. The van der Waals surface area contributed by atoms with Crippen LogP contribution in [0, 0.1) is 23.7 Å². The summed E-state index contributed by atoms with van der Waals surface area (Å²) in [6.45, 7) is 0. The van der Waals surface area contributed by atoms with Crippen molar-refractivity contribution in [3.63, 3.8) is 0 Å². The smallest absolute Gasteiger partial charge is 0.164 e. The minimum absolute atomic E-state index is 0.0633. The van der Waals surface area contributed by atoms with E-state index in [4.69, 9.17) is 15.0 Å². The Labute approximate surface area is 350 Å². The van der Waals surface area contributed by atoms with Crippen LogP contribution in [0.5, 0.6) is 0 Å². The van der Waals surface area contributed by atoms with Crippen molar-refractivity contribution < 1.29 is 0 Å². The molecule has 0 amide bonds. The molecule has 286 valence electrons. The molecule has 1 spiro atoms. The van der Waals surface area contributed by atoms with Crippen LogP contribution in [-0.2, 0) is 5.41 Å². The molecule has 60 heavy (non-hydrogen) atoms. The van der Waals surface area contributed by atoms with Gasteiger partial charge in [0.05, 0.1) is 0 Å². The van der Waals surface area contributed by atoms with E-state index in [-0.39, 0.29) is 5.41 Å². The van der Waals surface area contributed by atoms with Gasteiger partial charge in [0.2, 0.25) is 0 Å². The standard InChI is InChI=1S/C57H43N3/c1-3-12-37(13-4-1)41-19-11-20-45(31-41)56-59-54(39-14-5-2-6-15-39)58-55(60-56)40-24-22-38(23-25-40)52-48-21-10-9-18-44(48)34-51-53(52)49-32-42-16-7-8-17-43(42)33-50(49)57(51)46-27-35-26-36(29-46)30-47(57)28-35/h1-25,31-36,46-47H,26-30H2. The molecule has 3 heteroatoms. The zero-order valence-electron chi connectivity index (χ0n) is 33.4. The number of hydrogen-bond donors (Lipinski definition) is 0. The Hall–Kier alpha value is -6.71. The Balaban J connectivity index is 0.993. The minimum Gasteiger partial charge on any atom is -0.208 e. The van der Waals surface area contributed by atoms with Crippen LogP contribution in [0.3, 0.4) is 0 Å². The van der Waals surface area contributed by atoms with E-state index in [1.54, 1.807) is 11.1 Å². The molecule has 3 nitrogen and oxygen atoms in total. The number of aromatic nitrogens is 3. The molecular weight excluding hydrogens is 727 g/mol. The minimum atomic E-state index is 0.0633. The fourth-order valence-corrected chi connectivity index (χ4v) is 12.6. The van der Waals surface area contributed by atoms with E-state index in [2.05, 4.69) is 158 Å². The third kappa shape index (κ3) is 5.11. The van der Waals surface area contributed by atoms with Crippen LogP contribution in [0.15, 0.2) is 176 Å². The van der Waals surface area contributed by atoms with Gasteiger partial charge in [-0.05, 0) is 146 Å². The van der Waals surface area contributed by atoms with Gasteiger partial charge in [0.15, 0.2) is 17.5 Å². The van der Waals surface area contributed by atoms with E-state index in [1.807, 2.05) is 18.2 Å². The summed E-state index contributed by atoms with van der Waals surface area (Å²) in [6, 6.07) is 64.3. The second kappa shape index (κ2) is 13.1. The summed E-state index contributed by atoms with van der Waals surface area (Å²) in [4.78, 5) is 15.4. The topological polar surface area (TPSA) is 38.7 Å². The summed E-state index contributed by atoms with van der Waals surface area (Å²) in [7, 11) is 0. The number of benzene rings is 8. The Kier molecular flexibility index (Phi) is 7.49. The second-order valence-corrected chi connectivity index (χ2v) is 18.0. The SMILES string of the molecule is c1ccc(-c2cccc(-c3nc(-c4ccccc4)nc(-c4ccc(-c5c6c(cc7ccccc57)C5(c7cc8ccccc8cc7-6)C6CC7CC(C6)CC5C7)cc4)n3)c2)cc1. The summed E-state index contributed by atoms with van der Waals surface area (Å²) >= 11 is 0. The quantitative estimate of drug-likeness (QED) is 0.175. The lowest BCUT2D eigenvalue weighted by atomic mass is 9.43. The zero-order chi connectivity index (χ0) is 39.4.